The number of piperidine rings is 1. The van der Waals surface area contributed by atoms with E-state index < -0.39 is 0 Å². The highest BCUT2D eigenvalue weighted by Crippen LogP contribution is 2.31. The molecule has 0 saturated carbocycles. The predicted octanol–water partition coefficient (Wildman–Crippen LogP) is 1.00. The van der Waals surface area contributed by atoms with Gasteiger partial charge in [0.05, 0.1) is 11.4 Å². The van der Waals surface area contributed by atoms with Crippen molar-refractivity contribution in [1.29, 1.82) is 0 Å². The minimum atomic E-state index is -0.307. The van der Waals surface area contributed by atoms with Gasteiger partial charge < -0.3 is 14.2 Å². The Morgan fingerprint density at radius 1 is 1.17 bits per heavy atom. The molecular weight excluding hydrogens is 294 g/mol. The van der Waals surface area contributed by atoms with Crippen LogP contribution in [0, 0.1) is 11.8 Å². The number of nitrogens with zero attached hydrogens (tertiary/aromatic N) is 3. The lowest BCUT2D eigenvalue weighted by Gasteiger charge is -2.30. The summed E-state index contributed by atoms with van der Waals surface area (Å²) in [5.41, 5.74) is 1.47. The maximum Gasteiger partial charge on any atom is 0.419 e. The number of amides is 1. The third-order valence-electron chi connectivity index (χ3n) is 5.26. The zero-order valence-corrected chi connectivity index (χ0v) is 13.3. The van der Waals surface area contributed by atoms with Crippen LogP contribution in [0.3, 0.4) is 0 Å². The first-order valence-electron chi connectivity index (χ1n) is 8.19. The molecule has 2 aromatic rings. The Morgan fingerprint density at radius 2 is 2.00 bits per heavy atom. The molecule has 1 amide bonds. The lowest BCUT2D eigenvalue weighted by Crippen LogP contribution is -2.42. The number of para-hydroxylation sites is 2. The fraction of sp³-hybridized carbons (Fsp3) is 0.529. The number of hydrogen-bond donors (Lipinski definition) is 0. The smallest absolute Gasteiger partial charge is 0.408 e. The van der Waals surface area contributed by atoms with Crippen molar-refractivity contribution in [2.24, 2.45) is 11.8 Å². The van der Waals surface area contributed by atoms with Gasteiger partial charge in [-0.2, -0.15) is 0 Å². The minimum Gasteiger partial charge on any atom is -0.408 e. The summed E-state index contributed by atoms with van der Waals surface area (Å²) in [5.74, 6) is 0.566. The van der Waals surface area contributed by atoms with Crippen molar-refractivity contribution < 1.29 is 9.21 Å². The third kappa shape index (κ3) is 2.47. The summed E-state index contributed by atoms with van der Waals surface area (Å²) < 4.78 is 6.95. The van der Waals surface area contributed by atoms with Crippen LogP contribution in [0.4, 0.5) is 0 Å². The first-order valence-corrected chi connectivity index (χ1v) is 8.19. The van der Waals surface area contributed by atoms with Gasteiger partial charge in [-0.1, -0.05) is 12.1 Å². The van der Waals surface area contributed by atoms with Crippen LogP contribution < -0.4 is 5.76 Å². The lowest BCUT2D eigenvalue weighted by molar-refractivity contribution is -0.137. The predicted molar refractivity (Wildman–Crippen MR) is 86.1 cm³/mol. The maximum absolute atomic E-state index is 12.2. The number of fused-ring (bicyclic) bond motifs is 2. The van der Waals surface area contributed by atoms with E-state index in [1.165, 1.54) is 0 Å². The molecule has 23 heavy (non-hydrogen) atoms. The van der Waals surface area contributed by atoms with E-state index in [0.29, 0.717) is 18.0 Å². The number of carbonyl (C=O) groups excluding carboxylic acids is 1. The molecule has 0 N–H and O–H groups in total. The van der Waals surface area contributed by atoms with Gasteiger partial charge in [-0.15, -0.1) is 0 Å². The molecule has 0 unspecified atom stereocenters. The monoisotopic (exact) mass is 315 g/mol. The first-order chi connectivity index (χ1) is 11.1. The second kappa shape index (κ2) is 5.53. The molecule has 0 spiro atoms. The molecule has 1 aromatic carbocycles. The van der Waals surface area contributed by atoms with Crippen LogP contribution >= 0.6 is 0 Å². The minimum absolute atomic E-state index is 0.131. The van der Waals surface area contributed by atoms with Crippen molar-refractivity contribution in [3.05, 3.63) is 34.8 Å². The fourth-order valence-electron chi connectivity index (χ4n) is 3.94. The quantitative estimate of drug-likeness (QED) is 0.848. The lowest BCUT2D eigenvalue weighted by atomic mass is 9.88. The number of benzene rings is 1. The normalized spacial score (nSPS) is 25.3. The Hall–Kier alpha value is -2.08. The summed E-state index contributed by atoms with van der Waals surface area (Å²) in [4.78, 5) is 28.4. The molecule has 3 heterocycles. The summed E-state index contributed by atoms with van der Waals surface area (Å²) in [6.07, 6.45) is 1.08. The van der Waals surface area contributed by atoms with Gasteiger partial charge >= 0.3 is 5.76 Å². The molecule has 2 saturated heterocycles. The number of hydrogen-bond acceptors (Lipinski definition) is 4. The van der Waals surface area contributed by atoms with Gasteiger partial charge in [0, 0.05) is 39.8 Å². The molecule has 2 aliphatic rings. The molecule has 0 aliphatic carbocycles. The van der Waals surface area contributed by atoms with Gasteiger partial charge in [-0.05, 0) is 24.5 Å². The summed E-state index contributed by atoms with van der Waals surface area (Å²) in [7, 11) is 1.89. The average molecular weight is 315 g/mol. The molecular formula is C17H21N3O3. The average Bonchev–Trinajstić information content (AvgIpc) is 3.10. The van der Waals surface area contributed by atoms with Gasteiger partial charge in [0.15, 0.2) is 5.58 Å². The highest BCUT2D eigenvalue weighted by molar-refractivity contribution is 5.80. The van der Waals surface area contributed by atoms with Crippen molar-refractivity contribution >= 4 is 17.0 Å². The van der Waals surface area contributed by atoms with E-state index in [1.807, 2.05) is 36.2 Å². The zero-order valence-electron chi connectivity index (χ0n) is 13.3. The number of oxazole rings is 1. The molecule has 0 bridgehead atoms. The molecule has 2 atom stereocenters. The first kappa shape index (κ1) is 14.5. The van der Waals surface area contributed by atoms with Gasteiger partial charge in [0.2, 0.25) is 5.91 Å². The Labute approximate surface area is 134 Å². The largest absolute Gasteiger partial charge is 0.419 e. The Kier molecular flexibility index (Phi) is 3.49. The Morgan fingerprint density at radius 3 is 2.87 bits per heavy atom. The summed E-state index contributed by atoms with van der Waals surface area (Å²) >= 11 is 0. The van der Waals surface area contributed by atoms with E-state index in [2.05, 4.69) is 4.90 Å². The van der Waals surface area contributed by atoms with Crippen LogP contribution in [-0.2, 0) is 11.3 Å². The molecule has 6 heteroatoms. The van der Waals surface area contributed by atoms with Gasteiger partial charge in [0.25, 0.3) is 0 Å². The highest BCUT2D eigenvalue weighted by atomic mass is 16.4. The van der Waals surface area contributed by atoms with Crippen LogP contribution in [0.25, 0.3) is 11.1 Å². The van der Waals surface area contributed by atoms with Gasteiger partial charge in [0.1, 0.15) is 0 Å². The van der Waals surface area contributed by atoms with Crippen molar-refractivity contribution in [3.63, 3.8) is 0 Å². The number of likely N-dealkylation sites (tertiary alicyclic amines) is 2. The fourth-order valence-corrected chi connectivity index (χ4v) is 3.94. The second-order valence-electron chi connectivity index (χ2n) is 6.66. The van der Waals surface area contributed by atoms with Crippen LogP contribution in [0.15, 0.2) is 33.5 Å². The van der Waals surface area contributed by atoms with Crippen LogP contribution in [0.2, 0.25) is 0 Å². The molecule has 0 radical (unpaired) electrons. The Bertz CT molecular complexity index is 794. The molecule has 6 nitrogen and oxygen atoms in total. The van der Waals surface area contributed by atoms with Crippen molar-refractivity contribution in [1.82, 2.24) is 14.4 Å². The molecule has 4 rings (SSSR count). The SMILES string of the molecule is CN1CC[C@@H]2CN(CCn3c(=O)oc4ccccc43)C[C@@H]2C1=O. The van der Waals surface area contributed by atoms with E-state index in [4.69, 9.17) is 4.42 Å². The molecule has 122 valence electrons. The Balaban J connectivity index is 1.47. The zero-order chi connectivity index (χ0) is 16.0. The van der Waals surface area contributed by atoms with Crippen LogP contribution in [0.5, 0.6) is 0 Å². The van der Waals surface area contributed by atoms with E-state index in [0.717, 1.165) is 38.1 Å². The summed E-state index contributed by atoms with van der Waals surface area (Å²) in [6, 6.07) is 7.49. The van der Waals surface area contributed by atoms with E-state index >= 15 is 0 Å². The van der Waals surface area contributed by atoms with Crippen molar-refractivity contribution in [2.45, 2.75) is 13.0 Å². The summed E-state index contributed by atoms with van der Waals surface area (Å²) in [5, 5.41) is 0. The number of aromatic nitrogens is 1. The van der Waals surface area contributed by atoms with Crippen LogP contribution in [-0.4, -0.2) is 53.5 Å². The topological polar surface area (TPSA) is 58.7 Å². The van der Waals surface area contributed by atoms with Crippen molar-refractivity contribution in [3.8, 4) is 0 Å². The summed E-state index contributed by atoms with van der Waals surface area (Å²) in [6.45, 7) is 3.99. The van der Waals surface area contributed by atoms with Gasteiger partial charge in [-0.25, -0.2) is 4.79 Å². The second-order valence-corrected chi connectivity index (χ2v) is 6.66. The van der Waals surface area contributed by atoms with E-state index in [-0.39, 0.29) is 17.6 Å². The van der Waals surface area contributed by atoms with Crippen LogP contribution in [0.1, 0.15) is 6.42 Å². The molecule has 2 fully saturated rings. The van der Waals surface area contributed by atoms with E-state index in [9.17, 15) is 9.59 Å². The van der Waals surface area contributed by atoms with Crippen molar-refractivity contribution in [2.75, 3.05) is 33.2 Å². The maximum atomic E-state index is 12.2. The standard InChI is InChI=1S/C17H21N3O3/c1-18-7-6-12-10-19(11-13(12)16(18)21)8-9-20-14-4-2-3-5-15(14)23-17(20)22/h2-5,12-13H,6-11H2,1H3/t12-,13+/m1/s1. The number of rotatable bonds is 3. The number of carbonyl (C=O) groups is 1. The highest BCUT2D eigenvalue weighted by Gasteiger charge is 2.41. The molecule has 1 aromatic heterocycles. The van der Waals surface area contributed by atoms with E-state index in [1.54, 1.807) is 4.57 Å². The van der Waals surface area contributed by atoms with Gasteiger partial charge in [-0.3, -0.25) is 9.36 Å². The molecule has 2 aliphatic heterocycles. The third-order valence-corrected chi connectivity index (χ3v) is 5.26.